The Morgan fingerprint density at radius 1 is 1.42 bits per heavy atom. The number of rotatable bonds is 4. The Morgan fingerprint density at radius 3 is 2.67 bits per heavy atom. The molecule has 2 nitrogen and oxygen atoms in total. The zero-order valence-electron chi connectivity index (χ0n) is 7.75. The Balaban J connectivity index is 2.33. The van der Waals surface area contributed by atoms with Crippen LogP contribution in [0.25, 0.3) is 0 Å². The summed E-state index contributed by atoms with van der Waals surface area (Å²) < 4.78 is 0. The Kier molecular flexibility index (Phi) is 3.74. The van der Waals surface area contributed by atoms with Gasteiger partial charge in [0.15, 0.2) is 0 Å². The molecular weight excluding hydrogens is 148 g/mol. The predicted octanol–water partition coefficient (Wildman–Crippen LogP) is 1.62. The summed E-state index contributed by atoms with van der Waals surface area (Å²) >= 11 is 0. The molecule has 1 aromatic heterocycles. The lowest BCUT2D eigenvalue weighted by Gasteiger charge is -2.08. The number of pyridine rings is 1. The summed E-state index contributed by atoms with van der Waals surface area (Å²) in [5.74, 6) is 0. The van der Waals surface area contributed by atoms with E-state index < -0.39 is 0 Å². The standard InChI is InChI=1S/C10H16N2/c1-9(11-2)3-4-10-5-7-12-8-6-10/h5-9,11H,3-4H2,1-2H3. The van der Waals surface area contributed by atoms with E-state index in [1.807, 2.05) is 19.4 Å². The van der Waals surface area contributed by atoms with Crippen LogP contribution in [0.4, 0.5) is 0 Å². The summed E-state index contributed by atoms with van der Waals surface area (Å²) in [5.41, 5.74) is 1.37. The van der Waals surface area contributed by atoms with Gasteiger partial charge >= 0.3 is 0 Å². The van der Waals surface area contributed by atoms with E-state index in [1.54, 1.807) is 0 Å². The SMILES string of the molecule is CNC(C)CCc1ccncc1. The van der Waals surface area contributed by atoms with Crippen LogP contribution in [0.15, 0.2) is 24.5 Å². The number of hydrogen-bond donors (Lipinski definition) is 1. The maximum atomic E-state index is 3.98. The van der Waals surface area contributed by atoms with Crippen molar-refractivity contribution in [2.75, 3.05) is 7.05 Å². The highest BCUT2D eigenvalue weighted by atomic mass is 14.8. The molecule has 1 rings (SSSR count). The Labute approximate surface area is 74.0 Å². The third-order valence-electron chi connectivity index (χ3n) is 2.11. The van der Waals surface area contributed by atoms with Crippen molar-refractivity contribution in [2.24, 2.45) is 0 Å². The molecule has 0 amide bonds. The fourth-order valence-corrected chi connectivity index (χ4v) is 1.08. The molecule has 0 bridgehead atoms. The van der Waals surface area contributed by atoms with Gasteiger partial charge in [-0.3, -0.25) is 4.98 Å². The largest absolute Gasteiger partial charge is 0.317 e. The first-order valence-corrected chi connectivity index (χ1v) is 4.39. The van der Waals surface area contributed by atoms with Crippen molar-refractivity contribution >= 4 is 0 Å². The van der Waals surface area contributed by atoms with Crippen LogP contribution in [-0.4, -0.2) is 18.1 Å². The number of hydrogen-bond acceptors (Lipinski definition) is 2. The third kappa shape index (κ3) is 3.01. The number of nitrogens with zero attached hydrogens (tertiary/aromatic N) is 1. The van der Waals surface area contributed by atoms with Crippen molar-refractivity contribution in [3.8, 4) is 0 Å². The molecule has 0 radical (unpaired) electrons. The van der Waals surface area contributed by atoms with Gasteiger partial charge in [-0.25, -0.2) is 0 Å². The molecule has 0 fully saturated rings. The monoisotopic (exact) mass is 164 g/mol. The lowest BCUT2D eigenvalue weighted by Crippen LogP contribution is -2.21. The van der Waals surface area contributed by atoms with E-state index in [-0.39, 0.29) is 0 Å². The lowest BCUT2D eigenvalue weighted by molar-refractivity contribution is 0.565. The van der Waals surface area contributed by atoms with Crippen LogP contribution >= 0.6 is 0 Å². The van der Waals surface area contributed by atoms with Gasteiger partial charge in [0, 0.05) is 18.4 Å². The van der Waals surface area contributed by atoms with Crippen molar-refractivity contribution in [1.29, 1.82) is 0 Å². The minimum Gasteiger partial charge on any atom is -0.317 e. The number of nitrogens with one attached hydrogen (secondary N) is 1. The quantitative estimate of drug-likeness (QED) is 0.731. The Hall–Kier alpha value is -0.890. The molecule has 0 saturated carbocycles. The summed E-state index contributed by atoms with van der Waals surface area (Å²) in [6.45, 7) is 2.20. The fraction of sp³-hybridized carbons (Fsp3) is 0.500. The van der Waals surface area contributed by atoms with E-state index in [9.17, 15) is 0 Å². The molecule has 1 unspecified atom stereocenters. The average Bonchev–Trinajstić information content (AvgIpc) is 2.16. The minimum absolute atomic E-state index is 0.596. The average molecular weight is 164 g/mol. The van der Waals surface area contributed by atoms with Crippen molar-refractivity contribution in [2.45, 2.75) is 25.8 Å². The minimum atomic E-state index is 0.596. The van der Waals surface area contributed by atoms with Crippen molar-refractivity contribution in [3.63, 3.8) is 0 Å². The smallest absolute Gasteiger partial charge is 0.0270 e. The molecule has 12 heavy (non-hydrogen) atoms. The molecule has 66 valence electrons. The van der Waals surface area contributed by atoms with E-state index >= 15 is 0 Å². The molecule has 0 aliphatic rings. The van der Waals surface area contributed by atoms with Gasteiger partial charge in [-0.1, -0.05) is 0 Å². The highest BCUT2D eigenvalue weighted by molar-refractivity contribution is 5.09. The lowest BCUT2D eigenvalue weighted by atomic mass is 10.1. The second-order valence-corrected chi connectivity index (χ2v) is 3.08. The summed E-state index contributed by atoms with van der Waals surface area (Å²) in [7, 11) is 2.00. The van der Waals surface area contributed by atoms with E-state index in [0.717, 1.165) is 6.42 Å². The van der Waals surface area contributed by atoms with Gasteiger partial charge in [-0.2, -0.15) is 0 Å². The Bertz CT molecular complexity index is 208. The first-order chi connectivity index (χ1) is 5.83. The van der Waals surface area contributed by atoms with Gasteiger partial charge < -0.3 is 5.32 Å². The number of aryl methyl sites for hydroxylation is 1. The molecule has 1 atom stereocenters. The maximum absolute atomic E-state index is 3.98. The third-order valence-corrected chi connectivity index (χ3v) is 2.11. The van der Waals surface area contributed by atoms with Gasteiger partial charge in [0.2, 0.25) is 0 Å². The summed E-state index contributed by atoms with van der Waals surface area (Å²) in [5, 5.41) is 3.22. The van der Waals surface area contributed by atoms with E-state index in [1.165, 1.54) is 12.0 Å². The molecular formula is C10H16N2. The van der Waals surface area contributed by atoms with Gasteiger partial charge in [0.05, 0.1) is 0 Å². The Morgan fingerprint density at radius 2 is 2.08 bits per heavy atom. The number of aromatic nitrogens is 1. The van der Waals surface area contributed by atoms with Crippen molar-refractivity contribution < 1.29 is 0 Å². The second-order valence-electron chi connectivity index (χ2n) is 3.08. The molecule has 1 aromatic rings. The molecule has 0 saturated heterocycles. The van der Waals surface area contributed by atoms with Crippen LogP contribution in [0.5, 0.6) is 0 Å². The first-order valence-electron chi connectivity index (χ1n) is 4.39. The second kappa shape index (κ2) is 4.88. The highest BCUT2D eigenvalue weighted by Crippen LogP contribution is 2.02. The summed E-state index contributed by atoms with van der Waals surface area (Å²) in [6.07, 6.45) is 6.00. The summed E-state index contributed by atoms with van der Waals surface area (Å²) in [4.78, 5) is 3.98. The fourth-order valence-electron chi connectivity index (χ4n) is 1.08. The molecule has 1 N–H and O–H groups in total. The van der Waals surface area contributed by atoms with Gasteiger partial charge in [0.1, 0.15) is 0 Å². The molecule has 0 spiro atoms. The molecule has 0 aromatic carbocycles. The highest BCUT2D eigenvalue weighted by Gasteiger charge is 1.97. The predicted molar refractivity (Wildman–Crippen MR) is 51.1 cm³/mol. The van der Waals surface area contributed by atoms with Crippen LogP contribution in [-0.2, 0) is 6.42 Å². The van der Waals surface area contributed by atoms with Crippen LogP contribution in [0.2, 0.25) is 0 Å². The normalized spacial score (nSPS) is 12.8. The molecule has 1 heterocycles. The molecule has 0 aliphatic carbocycles. The van der Waals surface area contributed by atoms with Crippen LogP contribution in [0.3, 0.4) is 0 Å². The topological polar surface area (TPSA) is 24.9 Å². The van der Waals surface area contributed by atoms with Crippen molar-refractivity contribution in [1.82, 2.24) is 10.3 Å². The van der Waals surface area contributed by atoms with E-state index in [0.29, 0.717) is 6.04 Å². The van der Waals surface area contributed by atoms with Crippen LogP contribution < -0.4 is 5.32 Å². The van der Waals surface area contributed by atoms with Crippen LogP contribution in [0, 0.1) is 0 Å². The maximum Gasteiger partial charge on any atom is 0.0270 e. The van der Waals surface area contributed by atoms with Crippen LogP contribution in [0.1, 0.15) is 18.9 Å². The molecule has 0 aliphatic heterocycles. The van der Waals surface area contributed by atoms with Gasteiger partial charge in [0.25, 0.3) is 0 Å². The van der Waals surface area contributed by atoms with E-state index in [4.69, 9.17) is 0 Å². The zero-order chi connectivity index (χ0) is 8.81. The zero-order valence-corrected chi connectivity index (χ0v) is 7.75. The molecule has 2 heteroatoms. The van der Waals surface area contributed by atoms with E-state index in [2.05, 4.69) is 29.4 Å². The summed E-state index contributed by atoms with van der Waals surface area (Å²) in [6, 6.07) is 4.74. The first kappa shape index (κ1) is 9.20. The van der Waals surface area contributed by atoms with Gasteiger partial charge in [-0.15, -0.1) is 0 Å². The van der Waals surface area contributed by atoms with Crippen molar-refractivity contribution in [3.05, 3.63) is 30.1 Å². The van der Waals surface area contributed by atoms with Gasteiger partial charge in [-0.05, 0) is 44.5 Å².